The lowest BCUT2D eigenvalue weighted by Crippen LogP contribution is -2.17. The fraction of sp³-hybridized carbons (Fsp3) is 0.400. The van der Waals surface area contributed by atoms with Crippen molar-refractivity contribution >= 4 is 0 Å². The fourth-order valence-electron chi connectivity index (χ4n) is 2.49. The van der Waals surface area contributed by atoms with Gasteiger partial charge in [-0.3, -0.25) is 0 Å². The average Bonchev–Trinajstić information content (AvgIpc) is 2.69. The molecule has 0 saturated heterocycles. The van der Waals surface area contributed by atoms with Crippen molar-refractivity contribution in [2.75, 3.05) is 28.4 Å². The van der Waals surface area contributed by atoms with Crippen LogP contribution in [0.5, 0.6) is 34.5 Å². The van der Waals surface area contributed by atoms with Gasteiger partial charge < -0.3 is 28.4 Å². The highest BCUT2D eigenvalue weighted by Gasteiger charge is 2.31. The van der Waals surface area contributed by atoms with Crippen LogP contribution in [0.3, 0.4) is 0 Å². The Hall–Kier alpha value is -3.11. The van der Waals surface area contributed by atoms with E-state index < -0.39 is 13.0 Å². The summed E-state index contributed by atoms with van der Waals surface area (Å²) in [7, 11) is 5.63. The third kappa shape index (κ3) is 7.91. The largest absolute Gasteiger partial charge is 0.573 e. The molecule has 0 aromatic heterocycles. The van der Waals surface area contributed by atoms with Crippen molar-refractivity contribution in [1.82, 2.24) is 0 Å². The zero-order chi connectivity index (χ0) is 23.8. The molecule has 0 N–H and O–H groups in total. The molecule has 0 unspecified atom stereocenters. The van der Waals surface area contributed by atoms with Gasteiger partial charge in [0.2, 0.25) is 0 Å². The summed E-state index contributed by atoms with van der Waals surface area (Å²) >= 11 is 0. The van der Waals surface area contributed by atoms with Crippen molar-refractivity contribution in [3.63, 3.8) is 0 Å². The monoisotopic (exact) mass is 454 g/mol. The normalized spacial score (nSPS) is 10.7. The van der Waals surface area contributed by atoms with Gasteiger partial charge in [0.1, 0.15) is 34.5 Å². The first-order valence-electron chi connectivity index (χ1n) is 8.61. The summed E-state index contributed by atoms with van der Waals surface area (Å²) in [4.78, 5) is 0. The molecule has 0 fully saturated rings. The number of methoxy groups -OCH3 is 4. The maximum atomic E-state index is 12.0. The van der Waals surface area contributed by atoms with E-state index in [1.807, 2.05) is 0 Å². The lowest BCUT2D eigenvalue weighted by Gasteiger charge is -2.14. The number of ether oxygens (including phenoxy) is 6. The molecule has 0 amide bonds. The van der Waals surface area contributed by atoms with Crippen LogP contribution < -0.4 is 28.4 Å². The van der Waals surface area contributed by atoms with Crippen LogP contribution >= 0.6 is 0 Å². The van der Waals surface area contributed by atoms with E-state index in [1.54, 1.807) is 13.8 Å². The molecule has 174 valence electrons. The summed E-state index contributed by atoms with van der Waals surface area (Å²) in [5.41, 5.74) is 1.35. The Balaban J connectivity index is 0.000000311. The predicted octanol–water partition coefficient (Wildman–Crippen LogP) is 5.52. The molecule has 2 rings (SSSR count). The van der Waals surface area contributed by atoms with Gasteiger partial charge >= 0.3 is 13.0 Å². The minimum Gasteiger partial charge on any atom is -0.496 e. The molecule has 0 aliphatic heterocycles. The molecule has 0 radical (unpaired) electrons. The van der Waals surface area contributed by atoms with Crippen LogP contribution in [-0.4, -0.2) is 41.4 Å². The predicted molar refractivity (Wildman–Crippen MR) is 102 cm³/mol. The van der Waals surface area contributed by atoms with Crippen LogP contribution in [0, 0.1) is 13.8 Å². The van der Waals surface area contributed by atoms with Gasteiger partial charge in [0.25, 0.3) is 0 Å². The van der Waals surface area contributed by atoms with Crippen LogP contribution in [-0.2, 0) is 0 Å². The molecule has 0 spiro atoms. The van der Waals surface area contributed by atoms with E-state index in [9.17, 15) is 22.0 Å². The van der Waals surface area contributed by atoms with Gasteiger partial charge in [-0.1, -0.05) is 0 Å². The number of hydrogen-bond acceptors (Lipinski definition) is 6. The molecular weight excluding hydrogens is 431 g/mol. The molecule has 0 aliphatic rings. The quantitative estimate of drug-likeness (QED) is 0.514. The van der Waals surface area contributed by atoms with Gasteiger partial charge in [0.15, 0.2) is 0 Å². The highest BCUT2D eigenvalue weighted by atomic mass is 19.4. The molecule has 0 aliphatic carbocycles. The fourth-order valence-corrected chi connectivity index (χ4v) is 2.49. The zero-order valence-corrected chi connectivity index (χ0v) is 17.7. The molecule has 0 heterocycles. The smallest absolute Gasteiger partial charge is 0.496 e. The molecule has 0 bridgehead atoms. The van der Waals surface area contributed by atoms with Crippen molar-refractivity contribution in [3.8, 4) is 34.5 Å². The van der Waals surface area contributed by atoms with Gasteiger partial charge in [-0.2, -0.15) is 8.78 Å². The maximum absolute atomic E-state index is 12.0. The van der Waals surface area contributed by atoms with Gasteiger partial charge in [0, 0.05) is 35.4 Å². The highest BCUT2D eigenvalue weighted by molar-refractivity contribution is 5.50. The van der Waals surface area contributed by atoms with Crippen molar-refractivity contribution in [2.24, 2.45) is 0 Å². The third-order valence-corrected chi connectivity index (χ3v) is 3.91. The Morgan fingerprint density at radius 2 is 0.968 bits per heavy atom. The van der Waals surface area contributed by atoms with Crippen LogP contribution in [0.25, 0.3) is 0 Å². The van der Waals surface area contributed by atoms with Crippen LogP contribution in [0.4, 0.5) is 22.0 Å². The Labute approximate surface area is 176 Å². The first-order valence-corrected chi connectivity index (χ1v) is 8.61. The summed E-state index contributed by atoms with van der Waals surface area (Å²) in [5, 5.41) is 0. The van der Waals surface area contributed by atoms with Crippen LogP contribution in [0.2, 0.25) is 0 Å². The first-order chi connectivity index (χ1) is 14.4. The molecule has 2 aromatic rings. The summed E-state index contributed by atoms with van der Waals surface area (Å²) in [6.07, 6.45) is -4.73. The average molecular weight is 454 g/mol. The van der Waals surface area contributed by atoms with Crippen molar-refractivity contribution in [1.29, 1.82) is 0 Å². The Bertz CT molecular complexity index is 804. The van der Waals surface area contributed by atoms with E-state index >= 15 is 0 Å². The second-order valence-corrected chi connectivity index (χ2v) is 5.83. The van der Waals surface area contributed by atoms with Gasteiger partial charge in [0.05, 0.1) is 28.4 Å². The minimum atomic E-state index is -4.73. The van der Waals surface area contributed by atoms with Crippen molar-refractivity contribution < 1.29 is 50.4 Å². The Morgan fingerprint density at radius 1 is 0.645 bits per heavy atom. The van der Waals surface area contributed by atoms with E-state index in [2.05, 4.69) is 9.47 Å². The molecule has 31 heavy (non-hydrogen) atoms. The second kappa shape index (κ2) is 11.3. The van der Waals surface area contributed by atoms with Crippen LogP contribution in [0.1, 0.15) is 11.1 Å². The van der Waals surface area contributed by atoms with Crippen molar-refractivity contribution in [2.45, 2.75) is 26.8 Å². The van der Waals surface area contributed by atoms with Gasteiger partial charge in [-0.25, -0.2) is 0 Å². The number of alkyl halides is 5. The Kier molecular flexibility index (Phi) is 9.47. The molecule has 6 nitrogen and oxygen atoms in total. The first kappa shape index (κ1) is 25.9. The molecule has 11 heteroatoms. The minimum absolute atomic E-state index is 0.0179. The van der Waals surface area contributed by atoms with E-state index in [1.165, 1.54) is 40.6 Å². The lowest BCUT2D eigenvalue weighted by molar-refractivity contribution is -0.274. The van der Waals surface area contributed by atoms with Gasteiger partial charge in [-0.05, 0) is 13.8 Å². The molecule has 2 aromatic carbocycles. The summed E-state index contributed by atoms with van der Waals surface area (Å²) in [6.45, 7) is 0.584. The van der Waals surface area contributed by atoms with E-state index in [0.717, 1.165) is 17.7 Å². The summed E-state index contributed by atoms with van der Waals surface area (Å²) < 4.78 is 87.9. The summed E-state index contributed by atoms with van der Waals surface area (Å²) in [5.74, 6) is 1.10. The summed E-state index contributed by atoms with van der Waals surface area (Å²) in [6, 6.07) is 5.10. The third-order valence-electron chi connectivity index (χ3n) is 3.91. The zero-order valence-electron chi connectivity index (χ0n) is 17.7. The van der Waals surface area contributed by atoms with E-state index in [4.69, 9.17) is 18.9 Å². The van der Waals surface area contributed by atoms with E-state index in [-0.39, 0.29) is 23.0 Å². The molecule has 0 atom stereocenters. The number of hydrogen-bond donors (Lipinski definition) is 0. The van der Waals surface area contributed by atoms with Gasteiger partial charge in [-0.15, -0.1) is 13.2 Å². The standard InChI is InChI=1S/C10H11F3O3.C10H12F2O3/c1-6-8(14-2)4-7(5-9(6)15-3)16-10(11,12)13;1-6-8(13-2)4-7(15-10(11)12)5-9(6)14-3/h4-5H,1-3H3;4-5,10H,1-3H3. The Morgan fingerprint density at radius 3 is 1.23 bits per heavy atom. The SMILES string of the molecule is COc1cc(OC(F)(F)F)cc(OC)c1C.COc1cc(OC(F)F)cc(OC)c1C. The lowest BCUT2D eigenvalue weighted by atomic mass is 10.2. The second-order valence-electron chi connectivity index (χ2n) is 5.83. The van der Waals surface area contributed by atoms with Crippen molar-refractivity contribution in [3.05, 3.63) is 35.4 Å². The number of halogens is 5. The molecule has 0 saturated carbocycles. The number of rotatable bonds is 7. The highest BCUT2D eigenvalue weighted by Crippen LogP contribution is 2.35. The van der Waals surface area contributed by atoms with Crippen LogP contribution in [0.15, 0.2) is 24.3 Å². The molecular formula is C20H23F5O6. The van der Waals surface area contributed by atoms with E-state index in [0.29, 0.717) is 17.1 Å². The number of benzene rings is 2. The maximum Gasteiger partial charge on any atom is 0.573 e. The topological polar surface area (TPSA) is 55.4 Å².